The lowest BCUT2D eigenvalue weighted by molar-refractivity contribution is -0.142. The lowest BCUT2D eigenvalue weighted by Crippen LogP contribution is -2.41. The first-order chi connectivity index (χ1) is 29.7. The number of thiazole rings is 1. The zero-order valence-corrected chi connectivity index (χ0v) is 35.6. The number of sulfonamides is 1. The number of carbonyl (C=O) groups is 1. The molecule has 22 heteroatoms. The number of rotatable bonds is 11. The number of allylic oxidation sites excluding steroid dienone is 2. The molecule has 2 aliphatic carbocycles. The van der Waals surface area contributed by atoms with Crippen molar-refractivity contribution in [3.8, 4) is 11.1 Å². The molecule has 63 heavy (non-hydrogen) atoms. The van der Waals surface area contributed by atoms with E-state index in [-0.39, 0.29) is 29.1 Å². The van der Waals surface area contributed by atoms with Gasteiger partial charge in [0.1, 0.15) is 23.9 Å². The molecule has 0 saturated carbocycles. The van der Waals surface area contributed by atoms with Crippen molar-refractivity contribution in [3.05, 3.63) is 94.5 Å². The van der Waals surface area contributed by atoms with Crippen LogP contribution in [-0.4, -0.2) is 88.2 Å². The van der Waals surface area contributed by atoms with Crippen LogP contribution in [0.4, 0.5) is 41.7 Å². The summed E-state index contributed by atoms with van der Waals surface area (Å²) in [6.07, 6.45) is -0.317. The van der Waals surface area contributed by atoms with Crippen LogP contribution in [0.2, 0.25) is 0 Å². The van der Waals surface area contributed by atoms with E-state index in [1.54, 1.807) is 31.3 Å². The number of aromatic nitrogens is 6. The van der Waals surface area contributed by atoms with Crippen LogP contribution in [0.15, 0.2) is 54.6 Å². The highest BCUT2D eigenvalue weighted by Gasteiger charge is 2.61. The van der Waals surface area contributed by atoms with Gasteiger partial charge in [0.05, 0.1) is 34.1 Å². The van der Waals surface area contributed by atoms with Gasteiger partial charge in [0.25, 0.3) is 5.92 Å². The zero-order chi connectivity index (χ0) is 44.9. The average Bonchev–Trinajstić information content (AvgIpc) is 3.88. The number of nitrogens with zero attached hydrogens (tertiary/aromatic N) is 8. The first-order valence-corrected chi connectivity index (χ1v) is 22.5. The third-order valence-electron chi connectivity index (χ3n) is 11.9. The Morgan fingerprint density at radius 1 is 1.02 bits per heavy atom. The summed E-state index contributed by atoms with van der Waals surface area (Å²) in [4.78, 5) is 28.3. The Bertz CT molecular complexity index is 2930. The van der Waals surface area contributed by atoms with Gasteiger partial charge in [-0.05, 0) is 63.2 Å². The zero-order valence-electron chi connectivity index (χ0n) is 34.0. The predicted octanol–water partition coefficient (Wildman–Crippen LogP) is 7.12. The standard InChI is InChI=1S/C41H39F7N10O3S2/c1-55(2)23-10-12-57(13-11-23)39-51-38-30(62-39)18-27(24-6-5-7-26-34(24)56(3)53-37(26)54-63(4,60)61)33(50-38)29(16-20-14-21(42)17-22(43)15-20)49-31(59)19-58-36-32(35(52-58)41(46,47)48)25-8-9-28(25)40(36,44)45/h5-9,14-15,17-18,23,25,28-29H,10-13,16,19H2,1-4H3,(H,49,59)(H,53,54)/t25-,28+,29-/m0/s1. The minimum atomic E-state index is -5.10. The average molecular weight is 917 g/mol. The molecular weight excluding hydrogens is 878 g/mol. The van der Waals surface area contributed by atoms with Crippen molar-refractivity contribution >= 4 is 59.5 Å². The second-order valence-corrected chi connectivity index (χ2v) is 19.2. The second kappa shape index (κ2) is 15.3. The second-order valence-electron chi connectivity index (χ2n) is 16.4. The summed E-state index contributed by atoms with van der Waals surface area (Å²) in [6, 6.07) is 8.61. The fourth-order valence-electron chi connectivity index (χ4n) is 9.00. The van der Waals surface area contributed by atoms with Crippen molar-refractivity contribution < 1.29 is 43.9 Å². The quantitative estimate of drug-likeness (QED) is 0.103. The van der Waals surface area contributed by atoms with E-state index in [0.29, 0.717) is 61.7 Å². The molecule has 0 unspecified atom stereocenters. The van der Waals surface area contributed by atoms with Crippen molar-refractivity contribution in [1.82, 2.24) is 39.7 Å². The van der Waals surface area contributed by atoms with E-state index in [9.17, 15) is 35.2 Å². The summed E-state index contributed by atoms with van der Waals surface area (Å²) < 4.78 is 133. The van der Waals surface area contributed by atoms with Crippen LogP contribution in [0.3, 0.4) is 0 Å². The number of carbonyl (C=O) groups excluding carboxylic acids is 1. The number of hydrogen-bond acceptors (Lipinski definition) is 10. The number of halogens is 7. The third-order valence-corrected chi connectivity index (χ3v) is 13.5. The number of benzene rings is 2. The summed E-state index contributed by atoms with van der Waals surface area (Å²) in [5.41, 5.74) is -1.56. The third kappa shape index (κ3) is 7.78. The number of alkyl halides is 5. The van der Waals surface area contributed by atoms with Gasteiger partial charge >= 0.3 is 6.18 Å². The minimum absolute atomic E-state index is 0.0270. The molecule has 3 aliphatic rings. The molecule has 0 bridgehead atoms. The highest BCUT2D eigenvalue weighted by molar-refractivity contribution is 7.92. The van der Waals surface area contributed by atoms with Crippen LogP contribution in [0.5, 0.6) is 0 Å². The molecule has 332 valence electrons. The van der Waals surface area contributed by atoms with Crippen LogP contribution in [0.1, 0.15) is 53.0 Å². The lowest BCUT2D eigenvalue weighted by Gasteiger charge is -2.34. The van der Waals surface area contributed by atoms with Crippen molar-refractivity contribution in [1.29, 1.82) is 0 Å². The van der Waals surface area contributed by atoms with Gasteiger partial charge in [-0.15, -0.1) is 0 Å². The topological polar surface area (TPSA) is 143 Å². The molecule has 13 nitrogen and oxygen atoms in total. The summed E-state index contributed by atoms with van der Waals surface area (Å²) in [5.74, 6) is -9.40. The molecule has 4 aromatic heterocycles. The van der Waals surface area contributed by atoms with Crippen molar-refractivity contribution in [2.24, 2.45) is 13.0 Å². The van der Waals surface area contributed by atoms with Gasteiger partial charge in [0, 0.05) is 60.2 Å². The van der Waals surface area contributed by atoms with E-state index >= 15 is 8.78 Å². The van der Waals surface area contributed by atoms with E-state index in [1.807, 2.05) is 14.1 Å². The SMILES string of the molecule is CN(C)C1CCN(c2nc3nc([C@H](Cc4cc(F)cc(F)c4)NC(=O)Cn4nc(C(F)(F)F)c5c4C(F)(F)[C@@H]4C=C[C@H]54)c(-c4cccc5c(NS(C)(=O)=O)nn(C)c45)cc3s2)CC1. The van der Waals surface area contributed by atoms with Gasteiger partial charge < -0.3 is 15.1 Å². The number of para-hydroxylation sites is 1. The summed E-state index contributed by atoms with van der Waals surface area (Å²) in [5, 5.41) is 11.7. The van der Waals surface area contributed by atoms with Crippen molar-refractivity contribution in [2.45, 2.75) is 55.9 Å². The van der Waals surface area contributed by atoms with Gasteiger partial charge in [-0.2, -0.15) is 37.1 Å². The van der Waals surface area contributed by atoms with Crippen LogP contribution in [-0.2, 0) is 46.9 Å². The number of anilines is 2. The highest BCUT2D eigenvalue weighted by Crippen LogP contribution is 2.60. The van der Waals surface area contributed by atoms with Gasteiger partial charge in [-0.3, -0.25) is 18.9 Å². The number of piperidine rings is 1. The van der Waals surface area contributed by atoms with E-state index in [1.165, 1.54) is 22.1 Å². The van der Waals surface area contributed by atoms with Gasteiger partial charge in [0.15, 0.2) is 22.3 Å². The molecule has 6 aromatic rings. The minimum Gasteiger partial charge on any atom is -0.348 e. The lowest BCUT2D eigenvalue weighted by atomic mass is 9.81. The maximum Gasteiger partial charge on any atom is 0.435 e. The largest absolute Gasteiger partial charge is 0.435 e. The van der Waals surface area contributed by atoms with Crippen LogP contribution >= 0.6 is 11.3 Å². The molecule has 0 spiro atoms. The van der Waals surface area contributed by atoms with Crippen molar-refractivity contribution in [2.75, 3.05) is 43.1 Å². The smallest absolute Gasteiger partial charge is 0.348 e. The molecule has 1 aliphatic heterocycles. The normalized spacial score (nSPS) is 19.1. The molecule has 2 aromatic carbocycles. The monoisotopic (exact) mass is 916 g/mol. The number of amides is 1. The van der Waals surface area contributed by atoms with E-state index in [2.05, 4.69) is 30.0 Å². The molecule has 1 fully saturated rings. The summed E-state index contributed by atoms with van der Waals surface area (Å²) >= 11 is 1.37. The van der Waals surface area contributed by atoms with Gasteiger partial charge in [0.2, 0.25) is 15.9 Å². The molecule has 0 radical (unpaired) electrons. The molecule has 9 rings (SSSR count). The number of nitrogens with one attached hydrogen (secondary N) is 2. The van der Waals surface area contributed by atoms with Gasteiger partial charge in [-0.25, -0.2) is 22.2 Å². The Hall–Kier alpha value is -5.61. The molecule has 5 heterocycles. The highest BCUT2D eigenvalue weighted by atomic mass is 32.2. The number of pyridine rings is 1. The first-order valence-electron chi connectivity index (χ1n) is 19.8. The van der Waals surface area contributed by atoms with E-state index < -0.39 is 81.0 Å². The fourth-order valence-corrected chi connectivity index (χ4v) is 10.5. The Morgan fingerprint density at radius 2 is 1.73 bits per heavy atom. The Kier molecular flexibility index (Phi) is 10.4. The maximum absolute atomic E-state index is 15.7. The predicted molar refractivity (Wildman–Crippen MR) is 222 cm³/mol. The molecule has 1 amide bonds. The Morgan fingerprint density at radius 3 is 2.37 bits per heavy atom. The van der Waals surface area contributed by atoms with E-state index in [4.69, 9.17) is 9.97 Å². The Balaban J connectivity index is 1.19. The fraction of sp³-hybridized carbons (Fsp3) is 0.390. The first kappa shape index (κ1) is 42.7. The van der Waals surface area contributed by atoms with Crippen molar-refractivity contribution in [3.63, 3.8) is 0 Å². The Labute approximate surface area is 359 Å². The number of fused-ring (bicyclic) bond motifs is 5. The summed E-state index contributed by atoms with van der Waals surface area (Å²) in [7, 11) is 1.87. The van der Waals surface area contributed by atoms with Gasteiger partial charge in [-0.1, -0.05) is 35.6 Å². The molecular formula is C41H39F7N10O3S2. The maximum atomic E-state index is 15.7. The molecule has 1 saturated heterocycles. The molecule has 2 N–H and O–H groups in total. The number of aryl methyl sites for hydroxylation is 1. The summed E-state index contributed by atoms with van der Waals surface area (Å²) in [6.45, 7) is 0.349. The molecule has 3 atom stereocenters. The van der Waals surface area contributed by atoms with Crippen LogP contribution in [0.25, 0.3) is 32.4 Å². The van der Waals surface area contributed by atoms with Crippen LogP contribution in [0, 0.1) is 17.6 Å². The van der Waals surface area contributed by atoms with E-state index in [0.717, 1.165) is 37.3 Å². The van der Waals surface area contributed by atoms with Crippen LogP contribution < -0.4 is 14.9 Å². The number of hydrogen-bond donors (Lipinski definition) is 2.